The van der Waals surface area contributed by atoms with Crippen LogP contribution in [0.15, 0.2) is 36.9 Å². The van der Waals surface area contributed by atoms with Crippen LogP contribution in [0.25, 0.3) is 11.1 Å². The van der Waals surface area contributed by atoms with Crippen molar-refractivity contribution in [2.24, 2.45) is 5.92 Å². The third-order valence-electron chi connectivity index (χ3n) is 5.34. The van der Waals surface area contributed by atoms with E-state index in [4.69, 9.17) is 5.73 Å². The number of nitrogens with two attached hydrogens (primary N) is 1. The molecule has 0 amide bonds. The molecule has 1 unspecified atom stereocenters. The van der Waals surface area contributed by atoms with Crippen LogP contribution in [0, 0.1) is 18.7 Å². The Labute approximate surface area is 166 Å². The normalized spacial score (nSPS) is 19.4. The van der Waals surface area contributed by atoms with Crippen LogP contribution >= 0.6 is 0 Å². The summed E-state index contributed by atoms with van der Waals surface area (Å²) < 4.78 is 28.3. The molecule has 3 N–H and O–H groups in total. The van der Waals surface area contributed by atoms with Crippen LogP contribution < -0.4 is 11.1 Å². The molecule has 1 aliphatic carbocycles. The molecule has 0 bridgehead atoms. The second-order valence-corrected chi connectivity index (χ2v) is 7.14. The molecule has 1 aliphatic rings. The Balaban J connectivity index is 1.50. The number of pyridine rings is 1. The number of aryl methyl sites for hydroxylation is 1. The molecule has 7 nitrogen and oxygen atoms in total. The number of hydrogen-bond donors (Lipinski definition) is 2. The summed E-state index contributed by atoms with van der Waals surface area (Å²) in [5, 5.41) is 3.10. The van der Waals surface area contributed by atoms with Crippen molar-refractivity contribution in [3.63, 3.8) is 0 Å². The molecule has 1 fully saturated rings. The van der Waals surface area contributed by atoms with Crippen molar-refractivity contribution in [2.45, 2.75) is 31.9 Å². The van der Waals surface area contributed by atoms with Crippen molar-refractivity contribution in [3.8, 4) is 11.1 Å². The van der Waals surface area contributed by atoms with Crippen molar-refractivity contribution in [3.05, 3.63) is 54.1 Å². The quantitative estimate of drug-likeness (QED) is 0.658. The van der Waals surface area contributed by atoms with Crippen LogP contribution in [0.5, 0.6) is 0 Å². The van der Waals surface area contributed by atoms with Crippen molar-refractivity contribution in [1.29, 1.82) is 0 Å². The molecule has 150 valence electrons. The Morgan fingerprint density at radius 2 is 1.97 bits per heavy atom. The number of rotatable bonds is 6. The van der Waals surface area contributed by atoms with Gasteiger partial charge < -0.3 is 11.1 Å². The number of nitrogen functional groups attached to an aromatic ring is 1. The minimum atomic E-state index is -0.944. The summed E-state index contributed by atoms with van der Waals surface area (Å²) >= 11 is 0. The fourth-order valence-corrected chi connectivity index (χ4v) is 3.59. The molecule has 3 aromatic rings. The maximum Gasteiger partial charge on any atom is 0.222 e. The molecular formula is C20H21F2N7. The van der Waals surface area contributed by atoms with Crippen LogP contribution in [0.2, 0.25) is 0 Å². The van der Waals surface area contributed by atoms with E-state index in [1.807, 2.05) is 6.92 Å². The number of nitrogens with one attached hydrogen (secondary N) is 1. The van der Waals surface area contributed by atoms with Crippen LogP contribution in [0.3, 0.4) is 0 Å². The lowest BCUT2D eigenvalue weighted by atomic mass is 9.72. The number of alkyl halides is 1. The first-order valence-electron chi connectivity index (χ1n) is 9.43. The summed E-state index contributed by atoms with van der Waals surface area (Å²) in [4.78, 5) is 20.9. The van der Waals surface area contributed by atoms with Crippen molar-refractivity contribution >= 4 is 11.9 Å². The maximum atomic E-state index is 14.3. The Morgan fingerprint density at radius 1 is 1.17 bits per heavy atom. The second kappa shape index (κ2) is 8.02. The van der Waals surface area contributed by atoms with Gasteiger partial charge in [0.05, 0.1) is 11.4 Å². The van der Waals surface area contributed by atoms with Gasteiger partial charge in [0.2, 0.25) is 11.9 Å². The Hall–Kier alpha value is -3.23. The standard InChI is InChI=1S/C20H21F2N7/c1-11-14(9-25-19(23)29-11)12-7-26-20(27-8-12)28-10-15(13-4-5-16(13)21)18-17(22)3-2-6-24-18/h2-3,6-9,13,15-16H,4-5,10H2,1H3,(H2,23,25,29)(H,26,27,28)/t13?,15-,16-/m0/s1. The van der Waals surface area contributed by atoms with Gasteiger partial charge in [0.1, 0.15) is 12.0 Å². The minimum Gasteiger partial charge on any atom is -0.368 e. The van der Waals surface area contributed by atoms with Gasteiger partial charge in [-0.05, 0) is 31.9 Å². The Morgan fingerprint density at radius 3 is 2.59 bits per heavy atom. The average molecular weight is 397 g/mol. The van der Waals surface area contributed by atoms with Gasteiger partial charge in [-0.25, -0.2) is 28.7 Å². The molecule has 0 saturated heterocycles. The third kappa shape index (κ3) is 3.98. The highest BCUT2D eigenvalue weighted by atomic mass is 19.1. The Kier molecular flexibility index (Phi) is 5.28. The van der Waals surface area contributed by atoms with E-state index in [1.54, 1.807) is 18.6 Å². The molecule has 9 heteroatoms. The van der Waals surface area contributed by atoms with E-state index in [-0.39, 0.29) is 17.6 Å². The number of aromatic nitrogens is 5. The zero-order valence-electron chi connectivity index (χ0n) is 15.9. The predicted octanol–water partition coefficient (Wildman–Crippen LogP) is 3.30. The van der Waals surface area contributed by atoms with E-state index in [0.717, 1.165) is 16.8 Å². The highest BCUT2D eigenvalue weighted by Crippen LogP contribution is 2.41. The molecule has 4 rings (SSSR count). The van der Waals surface area contributed by atoms with E-state index < -0.39 is 17.9 Å². The van der Waals surface area contributed by atoms with E-state index >= 15 is 0 Å². The summed E-state index contributed by atoms with van der Waals surface area (Å²) in [6.07, 6.45) is 6.72. The van der Waals surface area contributed by atoms with Crippen molar-refractivity contribution < 1.29 is 8.78 Å². The van der Waals surface area contributed by atoms with E-state index in [9.17, 15) is 8.78 Å². The largest absolute Gasteiger partial charge is 0.368 e. The maximum absolute atomic E-state index is 14.3. The lowest BCUT2D eigenvalue weighted by Gasteiger charge is -2.37. The summed E-state index contributed by atoms with van der Waals surface area (Å²) in [5.41, 5.74) is 8.13. The average Bonchev–Trinajstić information content (AvgIpc) is 2.71. The summed E-state index contributed by atoms with van der Waals surface area (Å²) in [5.74, 6) is -0.496. The number of anilines is 2. The van der Waals surface area contributed by atoms with Crippen LogP contribution in [-0.4, -0.2) is 37.6 Å². The first-order chi connectivity index (χ1) is 14.0. The highest BCUT2D eigenvalue weighted by molar-refractivity contribution is 5.64. The first kappa shape index (κ1) is 19.1. The lowest BCUT2D eigenvalue weighted by molar-refractivity contribution is 0.0894. The van der Waals surface area contributed by atoms with Crippen molar-refractivity contribution in [1.82, 2.24) is 24.9 Å². The van der Waals surface area contributed by atoms with Gasteiger partial charge in [-0.15, -0.1) is 0 Å². The van der Waals surface area contributed by atoms with Gasteiger partial charge in [0.25, 0.3) is 0 Å². The third-order valence-corrected chi connectivity index (χ3v) is 5.34. The number of nitrogens with zero attached hydrogens (tertiary/aromatic N) is 5. The SMILES string of the molecule is Cc1nc(N)ncc1-c1cnc(NC[C@H](c2ncccc2F)C2CC[C@@H]2F)nc1. The van der Waals surface area contributed by atoms with Crippen molar-refractivity contribution in [2.75, 3.05) is 17.6 Å². The van der Waals surface area contributed by atoms with E-state index in [2.05, 4.69) is 30.2 Å². The van der Waals surface area contributed by atoms with Gasteiger partial charge in [0, 0.05) is 54.3 Å². The minimum absolute atomic E-state index is 0.209. The smallest absolute Gasteiger partial charge is 0.222 e. The Bertz CT molecular complexity index is 996. The molecule has 3 atom stereocenters. The van der Waals surface area contributed by atoms with Crippen LogP contribution in [0.1, 0.15) is 30.1 Å². The molecule has 3 aromatic heterocycles. The first-order valence-corrected chi connectivity index (χ1v) is 9.43. The summed E-state index contributed by atoms with van der Waals surface area (Å²) in [7, 11) is 0. The second-order valence-electron chi connectivity index (χ2n) is 7.14. The lowest BCUT2D eigenvalue weighted by Crippen LogP contribution is -2.37. The number of hydrogen-bond acceptors (Lipinski definition) is 7. The summed E-state index contributed by atoms with van der Waals surface area (Å²) in [6, 6.07) is 2.88. The zero-order chi connectivity index (χ0) is 20.4. The summed E-state index contributed by atoms with van der Waals surface area (Å²) in [6.45, 7) is 2.12. The fourth-order valence-electron chi connectivity index (χ4n) is 3.59. The van der Waals surface area contributed by atoms with Gasteiger partial charge in [-0.1, -0.05) is 0 Å². The van der Waals surface area contributed by atoms with E-state index in [0.29, 0.717) is 25.3 Å². The van der Waals surface area contributed by atoms with Gasteiger partial charge in [-0.3, -0.25) is 4.98 Å². The molecule has 0 aliphatic heterocycles. The molecular weight excluding hydrogens is 376 g/mol. The molecule has 3 heterocycles. The zero-order valence-corrected chi connectivity index (χ0v) is 15.9. The molecule has 29 heavy (non-hydrogen) atoms. The molecule has 0 spiro atoms. The van der Waals surface area contributed by atoms with Crippen LogP contribution in [-0.2, 0) is 0 Å². The van der Waals surface area contributed by atoms with E-state index in [1.165, 1.54) is 18.3 Å². The van der Waals surface area contributed by atoms with Crippen LogP contribution in [0.4, 0.5) is 20.7 Å². The topological polar surface area (TPSA) is 102 Å². The number of halogens is 2. The van der Waals surface area contributed by atoms with Gasteiger partial charge in [0.15, 0.2) is 0 Å². The highest BCUT2D eigenvalue weighted by Gasteiger charge is 2.39. The predicted molar refractivity (Wildman–Crippen MR) is 105 cm³/mol. The molecule has 0 aromatic carbocycles. The fraction of sp³-hybridized carbons (Fsp3) is 0.350. The molecule has 1 saturated carbocycles. The van der Waals surface area contributed by atoms with Gasteiger partial charge >= 0.3 is 0 Å². The van der Waals surface area contributed by atoms with Gasteiger partial charge in [-0.2, -0.15) is 0 Å². The monoisotopic (exact) mass is 397 g/mol. The molecule has 0 radical (unpaired) electrons.